The van der Waals surface area contributed by atoms with Gasteiger partial charge in [-0.3, -0.25) is 4.79 Å². The van der Waals surface area contributed by atoms with E-state index >= 15 is 0 Å². The average molecular weight is 245 g/mol. The van der Waals surface area contributed by atoms with Crippen molar-refractivity contribution in [3.05, 3.63) is 0 Å². The largest absolute Gasteiger partial charge is 0.481 e. The van der Waals surface area contributed by atoms with Gasteiger partial charge < -0.3 is 19.5 Å². The van der Waals surface area contributed by atoms with Gasteiger partial charge in [0.1, 0.15) is 0 Å². The van der Waals surface area contributed by atoms with Crippen LogP contribution in [0.1, 0.15) is 25.7 Å². The fourth-order valence-corrected chi connectivity index (χ4v) is 1.91. The molecule has 1 N–H and O–H groups in total. The van der Waals surface area contributed by atoms with Crippen LogP contribution in [0.2, 0.25) is 0 Å². The maximum atomic E-state index is 11.6. The highest BCUT2D eigenvalue weighted by atomic mass is 16.6. The molecule has 17 heavy (non-hydrogen) atoms. The fourth-order valence-electron chi connectivity index (χ4n) is 1.91. The summed E-state index contributed by atoms with van der Waals surface area (Å²) in [6.07, 6.45) is 1.65. The molecule has 98 valence electrons. The monoisotopic (exact) mass is 245 g/mol. The Labute approximate surface area is 100 Å². The number of cyclic esters (lactones) is 1. The van der Waals surface area contributed by atoms with Gasteiger partial charge in [0.25, 0.3) is 0 Å². The minimum Gasteiger partial charge on any atom is -0.481 e. The molecule has 1 aliphatic rings. The number of carbonyl (C=O) groups excluding carboxylic acids is 1. The SMILES string of the molecule is COCCCN1C(=O)OCCC1CCC(=O)O. The zero-order valence-electron chi connectivity index (χ0n) is 10.1. The van der Waals surface area contributed by atoms with Crippen LogP contribution in [0.15, 0.2) is 0 Å². The molecule has 6 heteroatoms. The first-order valence-electron chi connectivity index (χ1n) is 5.79. The molecule has 1 amide bonds. The van der Waals surface area contributed by atoms with Gasteiger partial charge in [-0.1, -0.05) is 0 Å². The third kappa shape index (κ3) is 4.60. The van der Waals surface area contributed by atoms with Gasteiger partial charge in [0.15, 0.2) is 0 Å². The third-order valence-electron chi connectivity index (χ3n) is 2.79. The Balaban J connectivity index is 2.45. The summed E-state index contributed by atoms with van der Waals surface area (Å²) in [5.74, 6) is -0.833. The lowest BCUT2D eigenvalue weighted by molar-refractivity contribution is -0.137. The minimum atomic E-state index is -0.833. The number of hydrogen-bond acceptors (Lipinski definition) is 4. The van der Waals surface area contributed by atoms with Crippen LogP contribution in [0, 0.1) is 0 Å². The molecule has 1 aliphatic heterocycles. The van der Waals surface area contributed by atoms with Crippen molar-refractivity contribution in [2.45, 2.75) is 31.7 Å². The average Bonchev–Trinajstić information content (AvgIpc) is 2.29. The first-order valence-corrected chi connectivity index (χ1v) is 5.79. The number of amides is 1. The molecule has 1 fully saturated rings. The molecule has 0 saturated carbocycles. The Morgan fingerprint density at radius 1 is 1.65 bits per heavy atom. The van der Waals surface area contributed by atoms with Crippen LogP contribution in [0.3, 0.4) is 0 Å². The highest BCUT2D eigenvalue weighted by Crippen LogP contribution is 2.18. The molecule has 1 rings (SSSR count). The standard InChI is InChI=1S/C11H19NO5/c1-16-7-2-6-12-9(3-4-10(13)14)5-8-17-11(12)15/h9H,2-8H2,1H3,(H,13,14). The molecule has 0 spiro atoms. The van der Waals surface area contributed by atoms with Gasteiger partial charge in [-0.2, -0.15) is 0 Å². The highest BCUT2D eigenvalue weighted by Gasteiger charge is 2.29. The van der Waals surface area contributed by atoms with E-state index in [2.05, 4.69) is 0 Å². The van der Waals surface area contributed by atoms with Gasteiger partial charge in [-0.25, -0.2) is 4.79 Å². The van der Waals surface area contributed by atoms with Crippen molar-refractivity contribution >= 4 is 12.1 Å². The Kier molecular flexibility index (Phi) is 5.76. The lowest BCUT2D eigenvalue weighted by atomic mass is 10.1. The van der Waals surface area contributed by atoms with E-state index in [0.717, 1.165) is 6.42 Å². The van der Waals surface area contributed by atoms with Crippen molar-refractivity contribution in [1.29, 1.82) is 0 Å². The molecule has 1 heterocycles. The molecule has 0 bridgehead atoms. The van der Waals surface area contributed by atoms with Crippen LogP contribution >= 0.6 is 0 Å². The first kappa shape index (κ1) is 13.8. The summed E-state index contributed by atoms with van der Waals surface area (Å²) in [5.41, 5.74) is 0. The van der Waals surface area contributed by atoms with Crippen molar-refractivity contribution in [3.63, 3.8) is 0 Å². The van der Waals surface area contributed by atoms with Crippen molar-refractivity contribution in [2.75, 3.05) is 26.9 Å². The molecular formula is C11H19NO5. The van der Waals surface area contributed by atoms with Crippen molar-refractivity contribution in [1.82, 2.24) is 4.90 Å². The molecule has 1 atom stereocenters. The van der Waals surface area contributed by atoms with Gasteiger partial charge in [0, 0.05) is 39.1 Å². The van der Waals surface area contributed by atoms with Crippen LogP contribution in [-0.4, -0.2) is 55.0 Å². The molecule has 0 radical (unpaired) electrons. The topological polar surface area (TPSA) is 76.1 Å². The Hall–Kier alpha value is -1.30. The van der Waals surface area contributed by atoms with Gasteiger partial charge in [0.05, 0.1) is 6.61 Å². The summed E-state index contributed by atoms with van der Waals surface area (Å²) in [5, 5.41) is 8.66. The van der Waals surface area contributed by atoms with Crippen LogP contribution < -0.4 is 0 Å². The number of methoxy groups -OCH3 is 1. The summed E-state index contributed by atoms with van der Waals surface area (Å²) in [6, 6.07) is -0.0239. The van der Waals surface area contributed by atoms with Gasteiger partial charge >= 0.3 is 12.1 Å². The zero-order valence-corrected chi connectivity index (χ0v) is 10.1. The van der Waals surface area contributed by atoms with Crippen LogP contribution in [-0.2, 0) is 14.3 Å². The van der Waals surface area contributed by atoms with E-state index in [9.17, 15) is 9.59 Å². The summed E-state index contributed by atoms with van der Waals surface area (Å²) in [6.45, 7) is 1.51. The van der Waals surface area contributed by atoms with Crippen LogP contribution in [0.25, 0.3) is 0 Å². The second-order valence-electron chi connectivity index (χ2n) is 4.03. The number of carboxylic acids is 1. The van der Waals surface area contributed by atoms with E-state index in [1.54, 1.807) is 12.0 Å². The molecule has 0 aromatic heterocycles. The van der Waals surface area contributed by atoms with E-state index in [0.29, 0.717) is 32.6 Å². The normalized spacial score (nSPS) is 20.2. The Morgan fingerprint density at radius 3 is 3.06 bits per heavy atom. The predicted octanol–water partition coefficient (Wildman–Crippen LogP) is 1.10. The van der Waals surface area contributed by atoms with E-state index in [-0.39, 0.29) is 18.6 Å². The summed E-state index contributed by atoms with van der Waals surface area (Å²) in [7, 11) is 1.61. The van der Waals surface area contributed by atoms with Crippen molar-refractivity contribution < 1.29 is 24.2 Å². The lowest BCUT2D eigenvalue weighted by Gasteiger charge is -2.34. The number of aliphatic carboxylic acids is 1. The smallest absolute Gasteiger partial charge is 0.410 e. The van der Waals surface area contributed by atoms with Gasteiger partial charge in [-0.15, -0.1) is 0 Å². The van der Waals surface area contributed by atoms with Gasteiger partial charge in [0.2, 0.25) is 0 Å². The third-order valence-corrected chi connectivity index (χ3v) is 2.79. The summed E-state index contributed by atoms with van der Waals surface area (Å²) in [4.78, 5) is 23.7. The number of nitrogens with zero attached hydrogens (tertiary/aromatic N) is 1. The van der Waals surface area contributed by atoms with Crippen molar-refractivity contribution in [2.24, 2.45) is 0 Å². The minimum absolute atomic E-state index is 0.0239. The lowest BCUT2D eigenvalue weighted by Crippen LogP contribution is -2.46. The maximum absolute atomic E-state index is 11.6. The van der Waals surface area contributed by atoms with Crippen LogP contribution in [0.4, 0.5) is 4.79 Å². The molecule has 1 saturated heterocycles. The summed E-state index contributed by atoms with van der Waals surface area (Å²) >= 11 is 0. The van der Waals surface area contributed by atoms with Crippen LogP contribution in [0.5, 0.6) is 0 Å². The first-order chi connectivity index (χ1) is 8.15. The highest BCUT2D eigenvalue weighted by molar-refractivity contribution is 5.69. The van der Waals surface area contributed by atoms with E-state index < -0.39 is 5.97 Å². The Bertz CT molecular complexity index is 269. The summed E-state index contributed by atoms with van der Waals surface area (Å²) < 4.78 is 9.89. The fraction of sp³-hybridized carbons (Fsp3) is 0.818. The molecule has 0 aliphatic carbocycles. The molecule has 6 nitrogen and oxygen atoms in total. The zero-order chi connectivity index (χ0) is 12.7. The number of carbonyl (C=O) groups is 2. The molecular weight excluding hydrogens is 226 g/mol. The molecule has 0 aromatic carbocycles. The second-order valence-corrected chi connectivity index (χ2v) is 4.03. The van der Waals surface area contributed by atoms with Gasteiger partial charge in [-0.05, 0) is 12.8 Å². The number of ether oxygens (including phenoxy) is 2. The van der Waals surface area contributed by atoms with E-state index in [1.807, 2.05) is 0 Å². The van der Waals surface area contributed by atoms with E-state index in [4.69, 9.17) is 14.6 Å². The number of carboxylic acid groups (broad SMARTS) is 1. The number of hydrogen-bond donors (Lipinski definition) is 1. The van der Waals surface area contributed by atoms with E-state index in [1.165, 1.54) is 0 Å². The number of rotatable bonds is 7. The molecule has 0 aromatic rings. The second kappa shape index (κ2) is 7.11. The molecule has 1 unspecified atom stereocenters. The quantitative estimate of drug-likeness (QED) is 0.680. The van der Waals surface area contributed by atoms with Crippen molar-refractivity contribution in [3.8, 4) is 0 Å². The predicted molar refractivity (Wildman–Crippen MR) is 59.8 cm³/mol. The maximum Gasteiger partial charge on any atom is 0.410 e. The Morgan fingerprint density at radius 2 is 2.41 bits per heavy atom.